The Labute approximate surface area is 123 Å². The predicted molar refractivity (Wildman–Crippen MR) is 84.2 cm³/mol. The maximum Gasteiger partial charge on any atom is 0.133 e. The summed E-state index contributed by atoms with van der Waals surface area (Å²) in [5.74, 6) is 1.70. The van der Waals surface area contributed by atoms with Crippen LogP contribution in [0.5, 0.6) is 5.75 Å². The van der Waals surface area contributed by atoms with Crippen LogP contribution in [-0.4, -0.2) is 12.9 Å². The van der Waals surface area contributed by atoms with Crippen LogP contribution in [0.3, 0.4) is 0 Å². The highest BCUT2D eigenvalue weighted by molar-refractivity contribution is 5.78. The highest BCUT2D eigenvalue weighted by atomic mass is 16.5. The zero-order valence-electron chi connectivity index (χ0n) is 13.5. The average molecular weight is 276 g/mol. The lowest BCUT2D eigenvalue weighted by molar-refractivity contribution is -0.120. The Kier molecular flexibility index (Phi) is 6.25. The van der Waals surface area contributed by atoms with Gasteiger partial charge in [-0.25, -0.2) is 0 Å². The van der Waals surface area contributed by atoms with Gasteiger partial charge in [0.05, 0.1) is 7.11 Å². The van der Waals surface area contributed by atoms with Gasteiger partial charge in [-0.1, -0.05) is 39.8 Å². The van der Waals surface area contributed by atoms with Crippen molar-refractivity contribution in [2.24, 2.45) is 11.3 Å². The second-order valence-electron chi connectivity index (χ2n) is 6.96. The van der Waals surface area contributed by atoms with Gasteiger partial charge in [-0.05, 0) is 41.9 Å². The normalized spacial score (nSPS) is 13.1. The number of aryl methyl sites for hydroxylation is 1. The van der Waals surface area contributed by atoms with Crippen LogP contribution in [0.15, 0.2) is 24.3 Å². The molecular weight excluding hydrogens is 248 g/mol. The zero-order chi connectivity index (χ0) is 15.2. The summed E-state index contributed by atoms with van der Waals surface area (Å²) in [5, 5.41) is 0. The van der Waals surface area contributed by atoms with E-state index in [0.29, 0.717) is 30.0 Å². The molecule has 0 heterocycles. The average Bonchev–Trinajstić information content (AvgIpc) is 2.34. The first-order valence-electron chi connectivity index (χ1n) is 7.45. The van der Waals surface area contributed by atoms with Crippen LogP contribution in [0.4, 0.5) is 0 Å². The number of benzene rings is 1. The molecule has 2 nitrogen and oxygen atoms in total. The van der Waals surface area contributed by atoms with Crippen molar-refractivity contribution in [2.75, 3.05) is 7.11 Å². The summed E-state index contributed by atoms with van der Waals surface area (Å²) in [7, 11) is 1.66. The standard InChI is InChI=1S/C18H28O2/c1-14(13-18(2,3)4)12-16(19)9-6-15-7-10-17(20-5)11-8-15/h7-8,10-11,14H,6,9,12-13H2,1-5H3. The van der Waals surface area contributed by atoms with Crippen molar-refractivity contribution in [3.05, 3.63) is 29.8 Å². The highest BCUT2D eigenvalue weighted by Crippen LogP contribution is 2.26. The van der Waals surface area contributed by atoms with Gasteiger partial charge in [0, 0.05) is 12.8 Å². The quantitative estimate of drug-likeness (QED) is 0.724. The van der Waals surface area contributed by atoms with Crippen LogP contribution >= 0.6 is 0 Å². The smallest absolute Gasteiger partial charge is 0.133 e. The Morgan fingerprint density at radius 2 is 1.80 bits per heavy atom. The first kappa shape index (κ1) is 16.7. The maximum absolute atomic E-state index is 12.0. The Balaban J connectivity index is 2.35. The second kappa shape index (κ2) is 7.47. The monoisotopic (exact) mass is 276 g/mol. The third-order valence-electron chi connectivity index (χ3n) is 3.39. The zero-order valence-corrected chi connectivity index (χ0v) is 13.5. The number of methoxy groups -OCH3 is 1. The number of carbonyl (C=O) groups excluding carboxylic acids is 1. The molecule has 0 saturated heterocycles. The van der Waals surface area contributed by atoms with E-state index in [0.717, 1.165) is 18.6 Å². The van der Waals surface area contributed by atoms with Crippen LogP contribution in [0, 0.1) is 11.3 Å². The topological polar surface area (TPSA) is 26.3 Å². The first-order valence-corrected chi connectivity index (χ1v) is 7.45. The van der Waals surface area contributed by atoms with Crippen molar-refractivity contribution in [1.82, 2.24) is 0 Å². The minimum Gasteiger partial charge on any atom is -0.497 e. The van der Waals surface area contributed by atoms with E-state index in [4.69, 9.17) is 4.74 Å². The third kappa shape index (κ3) is 6.74. The van der Waals surface area contributed by atoms with Gasteiger partial charge in [0.1, 0.15) is 11.5 Å². The molecule has 1 aromatic carbocycles. The van der Waals surface area contributed by atoms with E-state index in [9.17, 15) is 4.79 Å². The van der Waals surface area contributed by atoms with E-state index in [-0.39, 0.29) is 0 Å². The molecule has 0 spiro atoms. The number of ether oxygens (including phenoxy) is 1. The number of rotatable bonds is 7. The largest absolute Gasteiger partial charge is 0.497 e. The van der Waals surface area contributed by atoms with E-state index in [1.165, 1.54) is 5.56 Å². The maximum atomic E-state index is 12.0. The predicted octanol–water partition coefficient (Wildman–Crippen LogP) is 4.66. The molecule has 0 radical (unpaired) electrons. The highest BCUT2D eigenvalue weighted by Gasteiger charge is 2.17. The summed E-state index contributed by atoms with van der Waals surface area (Å²) in [4.78, 5) is 12.0. The van der Waals surface area contributed by atoms with E-state index in [2.05, 4.69) is 27.7 Å². The summed E-state index contributed by atoms with van der Waals surface area (Å²) in [6.45, 7) is 8.86. The second-order valence-corrected chi connectivity index (χ2v) is 6.96. The molecule has 0 amide bonds. The molecule has 2 heteroatoms. The molecule has 0 fully saturated rings. The summed E-state index contributed by atoms with van der Waals surface area (Å²) in [5.41, 5.74) is 1.50. The molecule has 1 unspecified atom stereocenters. The molecule has 1 atom stereocenters. The minimum atomic E-state index is 0.301. The van der Waals surface area contributed by atoms with Crippen molar-refractivity contribution in [1.29, 1.82) is 0 Å². The van der Waals surface area contributed by atoms with Crippen molar-refractivity contribution >= 4 is 5.78 Å². The van der Waals surface area contributed by atoms with E-state index < -0.39 is 0 Å². The number of Topliss-reactive ketones (excluding diaryl/α,β-unsaturated/α-hetero) is 1. The fourth-order valence-corrected chi connectivity index (χ4v) is 2.68. The molecule has 20 heavy (non-hydrogen) atoms. The SMILES string of the molecule is COc1ccc(CCC(=O)CC(C)CC(C)(C)C)cc1. The summed E-state index contributed by atoms with van der Waals surface area (Å²) in [6, 6.07) is 7.96. The van der Waals surface area contributed by atoms with Crippen molar-refractivity contribution in [3.63, 3.8) is 0 Å². The Morgan fingerprint density at radius 3 is 2.30 bits per heavy atom. The molecule has 112 valence electrons. The van der Waals surface area contributed by atoms with Gasteiger partial charge >= 0.3 is 0 Å². The third-order valence-corrected chi connectivity index (χ3v) is 3.39. The molecule has 0 aliphatic carbocycles. The number of hydrogen-bond acceptors (Lipinski definition) is 2. The lowest BCUT2D eigenvalue weighted by atomic mass is 9.83. The lowest BCUT2D eigenvalue weighted by Gasteiger charge is -2.22. The molecule has 0 aromatic heterocycles. The summed E-state index contributed by atoms with van der Waals surface area (Å²) in [6.07, 6.45) is 3.26. The molecule has 0 N–H and O–H groups in total. The Bertz CT molecular complexity index is 412. The summed E-state index contributed by atoms with van der Waals surface area (Å²) >= 11 is 0. The van der Waals surface area contributed by atoms with Gasteiger partial charge in [0.15, 0.2) is 0 Å². The van der Waals surface area contributed by atoms with Gasteiger partial charge in [-0.2, -0.15) is 0 Å². The minimum absolute atomic E-state index is 0.301. The van der Waals surface area contributed by atoms with Crippen LogP contribution in [0.1, 0.15) is 52.5 Å². The fraction of sp³-hybridized carbons (Fsp3) is 0.611. The van der Waals surface area contributed by atoms with Gasteiger partial charge < -0.3 is 4.74 Å². The van der Waals surface area contributed by atoms with E-state index >= 15 is 0 Å². The van der Waals surface area contributed by atoms with Gasteiger partial charge in [0.2, 0.25) is 0 Å². The van der Waals surface area contributed by atoms with Crippen LogP contribution in [0.2, 0.25) is 0 Å². The fourth-order valence-electron chi connectivity index (χ4n) is 2.68. The molecular formula is C18H28O2. The molecule has 1 rings (SSSR count). The van der Waals surface area contributed by atoms with E-state index in [1.54, 1.807) is 7.11 Å². The van der Waals surface area contributed by atoms with Crippen LogP contribution in [-0.2, 0) is 11.2 Å². The summed E-state index contributed by atoms with van der Waals surface area (Å²) < 4.78 is 5.13. The van der Waals surface area contributed by atoms with Gasteiger partial charge in [-0.15, -0.1) is 0 Å². The van der Waals surface area contributed by atoms with Gasteiger partial charge in [0.25, 0.3) is 0 Å². The van der Waals surface area contributed by atoms with Crippen molar-refractivity contribution in [3.8, 4) is 5.75 Å². The first-order chi connectivity index (χ1) is 9.30. The van der Waals surface area contributed by atoms with Crippen LogP contribution in [0.25, 0.3) is 0 Å². The number of hydrogen-bond donors (Lipinski definition) is 0. The van der Waals surface area contributed by atoms with Crippen molar-refractivity contribution < 1.29 is 9.53 Å². The number of ketones is 1. The van der Waals surface area contributed by atoms with Gasteiger partial charge in [-0.3, -0.25) is 4.79 Å². The van der Waals surface area contributed by atoms with E-state index in [1.807, 2.05) is 24.3 Å². The molecule has 0 saturated carbocycles. The molecule has 0 aliphatic heterocycles. The molecule has 0 bridgehead atoms. The Hall–Kier alpha value is -1.31. The van der Waals surface area contributed by atoms with Crippen molar-refractivity contribution in [2.45, 2.75) is 53.4 Å². The van der Waals surface area contributed by atoms with Crippen LogP contribution < -0.4 is 4.74 Å². The number of carbonyl (C=O) groups is 1. The molecule has 0 aliphatic rings. The Morgan fingerprint density at radius 1 is 1.20 bits per heavy atom. The lowest BCUT2D eigenvalue weighted by Crippen LogP contribution is -2.14. The molecule has 1 aromatic rings.